The van der Waals surface area contributed by atoms with Crippen molar-refractivity contribution in [2.75, 3.05) is 0 Å². The summed E-state index contributed by atoms with van der Waals surface area (Å²) >= 11 is 0. The van der Waals surface area contributed by atoms with Gasteiger partial charge in [0.2, 0.25) is 0 Å². The van der Waals surface area contributed by atoms with E-state index >= 15 is 0 Å². The number of H-pyrrole nitrogens is 1. The summed E-state index contributed by atoms with van der Waals surface area (Å²) < 4.78 is 5.58. The van der Waals surface area contributed by atoms with Crippen LogP contribution in [0.5, 0.6) is 11.5 Å². The van der Waals surface area contributed by atoms with Crippen molar-refractivity contribution in [3.05, 3.63) is 85.2 Å². The highest BCUT2D eigenvalue weighted by Gasteiger charge is 1.92. The van der Waals surface area contributed by atoms with Crippen LogP contribution in [-0.4, -0.2) is 4.98 Å². The van der Waals surface area contributed by atoms with E-state index in [0.717, 1.165) is 11.5 Å². The van der Waals surface area contributed by atoms with Gasteiger partial charge in [-0.3, -0.25) is 0 Å². The van der Waals surface area contributed by atoms with Crippen LogP contribution in [0.3, 0.4) is 0 Å². The second-order valence-electron chi connectivity index (χ2n) is 3.61. The van der Waals surface area contributed by atoms with E-state index in [4.69, 9.17) is 4.74 Å². The van der Waals surface area contributed by atoms with Crippen molar-refractivity contribution in [1.29, 1.82) is 0 Å². The molecule has 1 heterocycles. The van der Waals surface area contributed by atoms with Gasteiger partial charge in [0.15, 0.2) is 0 Å². The molecule has 0 fully saturated rings. The molecule has 0 bridgehead atoms. The second kappa shape index (κ2) is 6.97. The molecule has 0 unspecified atom stereocenters. The van der Waals surface area contributed by atoms with Gasteiger partial charge in [-0.1, -0.05) is 36.4 Å². The Bertz CT molecular complexity index is 463. The van der Waals surface area contributed by atoms with Gasteiger partial charge in [-0.15, -0.1) is 0 Å². The Kier molecular flexibility index (Phi) is 4.64. The normalized spacial score (nSPS) is 9.11. The number of aromatic nitrogens is 1. The van der Waals surface area contributed by atoms with Crippen LogP contribution in [-0.2, 0) is 0 Å². The van der Waals surface area contributed by atoms with E-state index in [1.807, 2.05) is 85.2 Å². The average Bonchev–Trinajstić information content (AvgIpc) is 3.00. The largest absolute Gasteiger partial charge is 0.457 e. The Morgan fingerprint density at radius 1 is 0.556 bits per heavy atom. The van der Waals surface area contributed by atoms with E-state index in [0.29, 0.717) is 0 Å². The number of hydrogen-bond donors (Lipinski definition) is 1. The van der Waals surface area contributed by atoms with Crippen LogP contribution in [0.2, 0.25) is 0 Å². The second-order valence-corrected chi connectivity index (χ2v) is 3.61. The lowest BCUT2D eigenvalue weighted by Crippen LogP contribution is -1.81. The highest BCUT2D eigenvalue weighted by atomic mass is 16.5. The Labute approximate surface area is 107 Å². The van der Waals surface area contributed by atoms with E-state index in [1.165, 1.54) is 0 Å². The lowest BCUT2D eigenvalue weighted by molar-refractivity contribution is 0.482. The third-order valence-corrected chi connectivity index (χ3v) is 2.22. The fourth-order valence-corrected chi connectivity index (χ4v) is 1.39. The standard InChI is InChI=1S/C12H10O.C4H5N/c1-3-7-11(8-4-1)13-12-9-5-2-6-10-12;1-2-4-5-3-1/h1-10H;1-5H. The molecule has 2 heteroatoms. The summed E-state index contributed by atoms with van der Waals surface area (Å²) in [5, 5.41) is 0. The van der Waals surface area contributed by atoms with Gasteiger partial charge >= 0.3 is 0 Å². The van der Waals surface area contributed by atoms with Crippen molar-refractivity contribution in [3.63, 3.8) is 0 Å². The number of benzene rings is 2. The first-order valence-corrected chi connectivity index (χ1v) is 5.81. The summed E-state index contributed by atoms with van der Waals surface area (Å²) in [6.07, 6.45) is 3.75. The number of ether oxygens (including phenoxy) is 1. The molecule has 2 nitrogen and oxygen atoms in total. The Balaban J connectivity index is 0.000000202. The molecule has 0 saturated carbocycles. The van der Waals surface area contributed by atoms with Crippen LogP contribution in [0.25, 0.3) is 0 Å². The molecule has 3 aromatic rings. The molecular weight excluding hydrogens is 222 g/mol. The molecule has 0 radical (unpaired) electrons. The Hall–Kier alpha value is -2.48. The third kappa shape index (κ3) is 4.18. The third-order valence-electron chi connectivity index (χ3n) is 2.22. The first-order chi connectivity index (χ1) is 8.95. The van der Waals surface area contributed by atoms with Crippen LogP contribution in [0.4, 0.5) is 0 Å². The molecule has 90 valence electrons. The number of hydrogen-bond acceptors (Lipinski definition) is 1. The van der Waals surface area contributed by atoms with E-state index in [-0.39, 0.29) is 0 Å². The monoisotopic (exact) mass is 237 g/mol. The first-order valence-electron chi connectivity index (χ1n) is 5.81. The molecule has 0 atom stereocenters. The molecule has 0 spiro atoms. The average molecular weight is 237 g/mol. The van der Waals surface area contributed by atoms with Gasteiger partial charge in [0.05, 0.1) is 0 Å². The van der Waals surface area contributed by atoms with Crippen LogP contribution < -0.4 is 4.74 Å². The summed E-state index contributed by atoms with van der Waals surface area (Å²) in [4.78, 5) is 2.86. The zero-order chi connectivity index (χ0) is 12.5. The first kappa shape index (κ1) is 12.0. The molecule has 0 aliphatic carbocycles. The highest BCUT2D eigenvalue weighted by molar-refractivity contribution is 5.30. The topological polar surface area (TPSA) is 25.0 Å². The molecule has 3 rings (SSSR count). The maximum Gasteiger partial charge on any atom is 0.127 e. The molecule has 2 aromatic carbocycles. The van der Waals surface area contributed by atoms with Crippen molar-refractivity contribution in [2.45, 2.75) is 0 Å². The van der Waals surface area contributed by atoms with E-state index in [1.54, 1.807) is 0 Å². The minimum atomic E-state index is 0.869. The van der Waals surface area contributed by atoms with Crippen molar-refractivity contribution in [1.82, 2.24) is 4.98 Å². The predicted molar refractivity (Wildman–Crippen MR) is 73.8 cm³/mol. The Morgan fingerprint density at radius 2 is 1.00 bits per heavy atom. The van der Waals surface area contributed by atoms with Crippen LogP contribution >= 0.6 is 0 Å². The zero-order valence-electron chi connectivity index (χ0n) is 9.99. The minimum absolute atomic E-state index is 0.869. The molecule has 1 aromatic heterocycles. The Morgan fingerprint density at radius 3 is 1.33 bits per heavy atom. The van der Waals surface area contributed by atoms with Gasteiger partial charge < -0.3 is 9.72 Å². The molecular formula is C16H15NO. The summed E-state index contributed by atoms with van der Waals surface area (Å²) in [6, 6.07) is 23.4. The highest BCUT2D eigenvalue weighted by Crippen LogP contribution is 2.19. The van der Waals surface area contributed by atoms with Gasteiger partial charge in [-0.2, -0.15) is 0 Å². The molecule has 18 heavy (non-hydrogen) atoms. The molecule has 0 aliphatic rings. The lowest BCUT2D eigenvalue weighted by Gasteiger charge is -2.03. The summed E-state index contributed by atoms with van der Waals surface area (Å²) in [6.45, 7) is 0. The smallest absolute Gasteiger partial charge is 0.127 e. The molecule has 0 aliphatic heterocycles. The minimum Gasteiger partial charge on any atom is -0.457 e. The van der Waals surface area contributed by atoms with E-state index < -0.39 is 0 Å². The fourth-order valence-electron chi connectivity index (χ4n) is 1.39. The van der Waals surface area contributed by atoms with Gasteiger partial charge in [0, 0.05) is 12.4 Å². The van der Waals surface area contributed by atoms with Gasteiger partial charge in [0.1, 0.15) is 11.5 Å². The van der Waals surface area contributed by atoms with Crippen molar-refractivity contribution >= 4 is 0 Å². The van der Waals surface area contributed by atoms with Gasteiger partial charge in [0.25, 0.3) is 0 Å². The number of para-hydroxylation sites is 2. The SMILES string of the molecule is c1cc[nH]c1.c1ccc(Oc2ccccc2)cc1. The van der Waals surface area contributed by atoms with Gasteiger partial charge in [-0.05, 0) is 36.4 Å². The quantitative estimate of drug-likeness (QED) is 0.697. The van der Waals surface area contributed by atoms with E-state index in [2.05, 4.69) is 4.98 Å². The predicted octanol–water partition coefficient (Wildman–Crippen LogP) is 4.49. The summed E-state index contributed by atoms with van der Waals surface area (Å²) in [7, 11) is 0. The maximum atomic E-state index is 5.58. The summed E-state index contributed by atoms with van der Waals surface area (Å²) in [5.41, 5.74) is 0. The number of rotatable bonds is 2. The van der Waals surface area contributed by atoms with Crippen LogP contribution in [0.15, 0.2) is 85.2 Å². The van der Waals surface area contributed by atoms with Crippen molar-refractivity contribution in [2.24, 2.45) is 0 Å². The molecule has 0 amide bonds. The van der Waals surface area contributed by atoms with E-state index in [9.17, 15) is 0 Å². The lowest BCUT2D eigenvalue weighted by atomic mass is 10.3. The fraction of sp³-hybridized carbons (Fsp3) is 0. The van der Waals surface area contributed by atoms with Crippen molar-refractivity contribution in [3.8, 4) is 11.5 Å². The maximum absolute atomic E-state index is 5.58. The summed E-state index contributed by atoms with van der Waals surface area (Å²) in [5.74, 6) is 1.74. The molecule has 1 N–H and O–H groups in total. The van der Waals surface area contributed by atoms with Gasteiger partial charge in [-0.25, -0.2) is 0 Å². The number of nitrogens with one attached hydrogen (secondary N) is 1. The zero-order valence-corrected chi connectivity index (χ0v) is 9.99. The van der Waals surface area contributed by atoms with Crippen molar-refractivity contribution < 1.29 is 4.74 Å². The molecule has 0 saturated heterocycles. The van der Waals surface area contributed by atoms with Crippen LogP contribution in [0, 0.1) is 0 Å². The number of aromatic amines is 1. The van der Waals surface area contributed by atoms with Crippen LogP contribution in [0.1, 0.15) is 0 Å².